The molecule has 2 rings (SSSR count). The third kappa shape index (κ3) is 1.26. The summed E-state index contributed by atoms with van der Waals surface area (Å²) in [5, 5.41) is 5.55. The van der Waals surface area contributed by atoms with Gasteiger partial charge >= 0.3 is 0 Å². The lowest BCUT2D eigenvalue weighted by Gasteiger charge is -2.03. The minimum Gasteiger partial charge on any atom is -0.326 e. The number of aromatic nitrogens is 2. The minimum absolute atomic E-state index is 0.544. The molecular formula is C10H12BrN3. The molecule has 4 heteroatoms. The van der Waals surface area contributed by atoms with E-state index >= 15 is 0 Å². The zero-order valence-electron chi connectivity index (χ0n) is 8.21. The normalized spacial score (nSPS) is 11.1. The smallest absolute Gasteiger partial charge is 0.0738 e. The monoisotopic (exact) mass is 253 g/mol. The Morgan fingerprint density at radius 1 is 1.50 bits per heavy atom. The van der Waals surface area contributed by atoms with Crippen LogP contribution >= 0.6 is 15.9 Å². The van der Waals surface area contributed by atoms with Crippen LogP contribution in [0, 0.1) is 6.92 Å². The van der Waals surface area contributed by atoms with Crippen molar-refractivity contribution in [3.63, 3.8) is 0 Å². The quantitative estimate of drug-likeness (QED) is 0.846. The van der Waals surface area contributed by atoms with Gasteiger partial charge in [0.25, 0.3) is 0 Å². The van der Waals surface area contributed by atoms with Crippen molar-refractivity contribution in [3.05, 3.63) is 27.9 Å². The molecular weight excluding hydrogens is 242 g/mol. The number of hydrogen-bond donors (Lipinski definition) is 1. The second kappa shape index (κ2) is 3.37. The van der Waals surface area contributed by atoms with Crippen LogP contribution in [-0.2, 0) is 13.6 Å². The van der Waals surface area contributed by atoms with Crippen LogP contribution in [0.25, 0.3) is 10.9 Å². The fourth-order valence-corrected chi connectivity index (χ4v) is 2.42. The summed E-state index contributed by atoms with van der Waals surface area (Å²) in [7, 11) is 1.95. The van der Waals surface area contributed by atoms with Crippen molar-refractivity contribution < 1.29 is 0 Å². The molecule has 0 aliphatic heterocycles. The van der Waals surface area contributed by atoms with E-state index in [1.54, 1.807) is 0 Å². The molecule has 14 heavy (non-hydrogen) atoms. The van der Waals surface area contributed by atoms with Gasteiger partial charge in [-0.15, -0.1) is 0 Å². The maximum Gasteiger partial charge on any atom is 0.0738 e. The van der Waals surface area contributed by atoms with E-state index in [-0.39, 0.29) is 0 Å². The number of rotatable bonds is 1. The molecule has 0 saturated heterocycles. The predicted molar refractivity (Wildman–Crippen MR) is 61.0 cm³/mol. The summed E-state index contributed by atoms with van der Waals surface area (Å²) in [4.78, 5) is 0. The Kier molecular flexibility index (Phi) is 2.33. The molecule has 0 atom stereocenters. The molecule has 2 N–H and O–H groups in total. The van der Waals surface area contributed by atoms with E-state index in [9.17, 15) is 0 Å². The lowest BCUT2D eigenvalue weighted by molar-refractivity contribution is 0.778. The van der Waals surface area contributed by atoms with E-state index < -0.39 is 0 Å². The SMILES string of the molecule is Cc1nn(C)c2c(CN)ccc(Br)c12. The van der Waals surface area contributed by atoms with Crippen LogP contribution in [0.3, 0.4) is 0 Å². The van der Waals surface area contributed by atoms with Crippen LogP contribution in [0.15, 0.2) is 16.6 Å². The zero-order valence-corrected chi connectivity index (χ0v) is 9.80. The molecule has 0 amide bonds. The summed E-state index contributed by atoms with van der Waals surface area (Å²) in [6.45, 7) is 2.55. The first-order valence-corrected chi connectivity index (χ1v) is 5.25. The largest absolute Gasteiger partial charge is 0.326 e. The van der Waals surface area contributed by atoms with Crippen LogP contribution in [0.1, 0.15) is 11.3 Å². The Morgan fingerprint density at radius 2 is 2.21 bits per heavy atom. The molecule has 0 radical (unpaired) electrons. The van der Waals surface area contributed by atoms with Crippen molar-refractivity contribution >= 4 is 26.8 Å². The van der Waals surface area contributed by atoms with Gasteiger partial charge in [-0.1, -0.05) is 22.0 Å². The second-order valence-electron chi connectivity index (χ2n) is 3.34. The first-order chi connectivity index (χ1) is 6.65. The number of aryl methyl sites for hydroxylation is 2. The highest BCUT2D eigenvalue weighted by atomic mass is 79.9. The van der Waals surface area contributed by atoms with Gasteiger partial charge in [0.05, 0.1) is 11.2 Å². The summed E-state index contributed by atoms with van der Waals surface area (Å²) >= 11 is 3.53. The predicted octanol–water partition coefficient (Wildman–Crippen LogP) is 2.10. The van der Waals surface area contributed by atoms with Crippen LogP contribution < -0.4 is 5.73 Å². The van der Waals surface area contributed by atoms with Crippen molar-refractivity contribution in [2.24, 2.45) is 12.8 Å². The highest BCUT2D eigenvalue weighted by molar-refractivity contribution is 9.10. The first kappa shape index (κ1) is 9.68. The molecule has 0 bridgehead atoms. The average molecular weight is 254 g/mol. The van der Waals surface area contributed by atoms with Gasteiger partial charge in [0.1, 0.15) is 0 Å². The van der Waals surface area contributed by atoms with Gasteiger partial charge in [-0.3, -0.25) is 4.68 Å². The number of halogens is 1. The van der Waals surface area contributed by atoms with Gasteiger partial charge in [0.15, 0.2) is 0 Å². The van der Waals surface area contributed by atoms with Gasteiger partial charge in [-0.2, -0.15) is 5.10 Å². The molecule has 0 fully saturated rings. The maximum absolute atomic E-state index is 5.69. The molecule has 0 saturated carbocycles. The molecule has 1 aromatic heterocycles. The van der Waals surface area contributed by atoms with Gasteiger partial charge in [-0.25, -0.2) is 0 Å². The summed E-state index contributed by atoms with van der Waals surface area (Å²) in [5.41, 5.74) is 8.98. The topological polar surface area (TPSA) is 43.8 Å². The van der Waals surface area contributed by atoms with Crippen LogP contribution in [-0.4, -0.2) is 9.78 Å². The Hall–Kier alpha value is -0.870. The molecule has 0 aliphatic carbocycles. The number of hydrogen-bond acceptors (Lipinski definition) is 2. The molecule has 74 valence electrons. The lowest BCUT2D eigenvalue weighted by Crippen LogP contribution is -2.00. The number of fused-ring (bicyclic) bond motifs is 1. The van der Waals surface area contributed by atoms with Crippen LogP contribution in [0.5, 0.6) is 0 Å². The standard InChI is InChI=1S/C10H12BrN3/c1-6-9-8(11)4-3-7(5-12)10(9)14(2)13-6/h3-4H,5,12H2,1-2H3. The number of nitrogens with two attached hydrogens (primary N) is 1. The van der Waals surface area contributed by atoms with E-state index in [0.29, 0.717) is 6.54 Å². The maximum atomic E-state index is 5.69. The fourth-order valence-electron chi connectivity index (χ4n) is 1.81. The summed E-state index contributed by atoms with van der Waals surface area (Å²) < 4.78 is 2.97. The fraction of sp³-hybridized carbons (Fsp3) is 0.300. The van der Waals surface area contributed by atoms with Crippen molar-refractivity contribution in [2.75, 3.05) is 0 Å². The average Bonchev–Trinajstić information content (AvgIpc) is 2.44. The highest BCUT2D eigenvalue weighted by Gasteiger charge is 2.11. The van der Waals surface area contributed by atoms with Crippen molar-refractivity contribution in [1.29, 1.82) is 0 Å². The second-order valence-corrected chi connectivity index (χ2v) is 4.20. The molecule has 0 spiro atoms. The zero-order chi connectivity index (χ0) is 10.3. The highest BCUT2D eigenvalue weighted by Crippen LogP contribution is 2.28. The molecule has 3 nitrogen and oxygen atoms in total. The van der Waals surface area contributed by atoms with Gasteiger partial charge in [0.2, 0.25) is 0 Å². The number of benzene rings is 1. The Morgan fingerprint density at radius 3 is 2.86 bits per heavy atom. The van der Waals surface area contributed by atoms with E-state index in [1.165, 1.54) is 0 Å². The first-order valence-electron chi connectivity index (χ1n) is 4.46. The Balaban J connectivity index is 2.94. The van der Waals surface area contributed by atoms with Gasteiger partial charge in [-0.05, 0) is 18.6 Å². The van der Waals surface area contributed by atoms with E-state index in [2.05, 4.69) is 21.0 Å². The van der Waals surface area contributed by atoms with E-state index in [4.69, 9.17) is 5.73 Å². The third-order valence-corrected chi connectivity index (χ3v) is 3.08. The minimum atomic E-state index is 0.544. The van der Waals surface area contributed by atoms with Crippen LogP contribution in [0.4, 0.5) is 0 Å². The summed E-state index contributed by atoms with van der Waals surface area (Å²) in [6.07, 6.45) is 0. The summed E-state index contributed by atoms with van der Waals surface area (Å²) in [5.74, 6) is 0. The van der Waals surface area contributed by atoms with Crippen molar-refractivity contribution in [2.45, 2.75) is 13.5 Å². The molecule has 1 aromatic carbocycles. The van der Waals surface area contributed by atoms with Gasteiger partial charge < -0.3 is 5.73 Å². The third-order valence-electron chi connectivity index (χ3n) is 2.42. The van der Waals surface area contributed by atoms with E-state index in [0.717, 1.165) is 26.6 Å². The van der Waals surface area contributed by atoms with Gasteiger partial charge in [0, 0.05) is 23.5 Å². The van der Waals surface area contributed by atoms with Crippen molar-refractivity contribution in [1.82, 2.24) is 9.78 Å². The summed E-state index contributed by atoms with van der Waals surface area (Å²) in [6, 6.07) is 4.06. The van der Waals surface area contributed by atoms with Crippen molar-refractivity contribution in [3.8, 4) is 0 Å². The molecule has 0 aliphatic rings. The number of nitrogens with zero attached hydrogens (tertiary/aromatic N) is 2. The van der Waals surface area contributed by atoms with Crippen LogP contribution in [0.2, 0.25) is 0 Å². The van der Waals surface area contributed by atoms with E-state index in [1.807, 2.05) is 30.8 Å². The molecule has 2 aromatic rings. The Labute approximate surface area is 91.0 Å². The Bertz CT molecular complexity index is 488. The lowest BCUT2D eigenvalue weighted by atomic mass is 10.1. The molecule has 1 heterocycles. The molecule has 0 unspecified atom stereocenters.